The molecule has 1 amide bonds. The second-order valence-electron chi connectivity index (χ2n) is 6.83. The van der Waals surface area contributed by atoms with Crippen LogP contribution in [-0.2, 0) is 5.41 Å². The lowest BCUT2D eigenvalue weighted by Crippen LogP contribution is -2.43. The van der Waals surface area contributed by atoms with E-state index in [1.165, 1.54) is 6.07 Å². The van der Waals surface area contributed by atoms with Gasteiger partial charge in [0.25, 0.3) is 11.6 Å². The molecule has 26 heavy (non-hydrogen) atoms. The van der Waals surface area contributed by atoms with E-state index in [2.05, 4.69) is 17.1 Å². The van der Waals surface area contributed by atoms with Gasteiger partial charge in [-0.05, 0) is 49.4 Å². The van der Waals surface area contributed by atoms with Crippen molar-refractivity contribution in [2.75, 3.05) is 11.4 Å². The number of amides is 1. The minimum atomic E-state index is -0.375. The number of aromatic nitrogens is 1. The number of anilines is 1. The molecule has 0 saturated carbocycles. The van der Waals surface area contributed by atoms with E-state index in [-0.39, 0.29) is 21.9 Å². The highest BCUT2D eigenvalue weighted by atomic mass is 16.6. The summed E-state index contributed by atoms with van der Waals surface area (Å²) in [6.07, 6.45) is 9.72. The van der Waals surface area contributed by atoms with E-state index in [0.29, 0.717) is 12.2 Å². The van der Waals surface area contributed by atoms with Crippen molar-refractivity contribution in [3.8, 4) is 0 Å². The highest BCUT2D eigenvalue weighted by Crippen LogP contribution is 2.47. The molecule has 6 nitrogen and oxygen atoms in total. The first-order chi connectivity index (χ1) is 12.6. The summed E-state index contributed by atoms with van der Waals surface area (Å²) < 4.78 is 0. The molecule has 4 rings (SSSR count). The lowest BCUT2D eigenvalue weighted by atomic mass is 9.68. The zero-order valence-electron chi connectivity index (χ0n) is 14.3. The molecule has 1 aliphatic heterocycles. The average molecular weight is 349 g/mol. The summed E-state index contributed by atoms with van der Waals surface area (Å²) in [6.45, 7) is 0.574. The summed E-state index contributed by atoms with van der Waals surface area (Å²) in [4.78, 5) is 29.7. The molecule has 0 radical (unpaired) electrons. The number of hydrogen-bond donors (Lipinski definition) is 0. The van der Waals surface area contributed by atoms with Crippen LogP contribution in [-0.4, -0.2) is 22.4 Å². The van der Waals surface area contributed by atoms with Gasteiger partial charge < -0.3 is 4.90 Å². The zero-order valence-corrected chi connectivity index (χ0v) is 14.3. The van der Waals surface area contributed by atoms with Gasteiger partial charge in [-0.25, -0.2) is 0 Å². The van der Waals surface area contributed by atoms with Gasteiger partial charge in [0.2, 0.25) is 0 Å². The molecule has 1 unspecified atom stereocenters. The number of nitro benzene ring substituents is 1. The fraction of sp³-hybridized carbons (Fsp3) is 0.300. The number of nitrogens with zero attached hydrogens (tertiary/aromatic N) is 3. The Morgan fingerprint density at radius 3 is 2.81 bits per heavy atom. The molecule has 1 spiro atoms. The lowest BCUT2D eigenvalue weighted by Gasteiger charge is -2.43. The van der Waals surface area contributed by atoms with Crippen molar-refractivity contribution in [1.29, 1.82) is 0 Å². The Labute approximate surface area is 151 Å². The first-order valence-corrected chi connectivity index (χ1v) is 8.80. The van der Waals surface area contributed by atoms with Gasteiger partial charge in [0.05, 0.1) is 4.92 Å². The molecule has 0 N–H and O–H groups in total. The van der Waals surface area contributed by atoms with E-state index < -0.39 is 0 Å². The predicted octanol–water partition coefficient (Wildman–Crippen LogP) is 4.02. The third-order valence-electron chi connectivity index (χ3n) is 5.36. The number of benzene rings is 1. The third kappa shape index (κ3) is 2.67. The summed E-state index contributed by atoms with van der Waals surface area (Å²) in [5.74, 6) is -0.171. The minimum Gasteiger partial charge on any atom is -0.307 e. The molecular formula is C20H19N3O3. The number of allylic oxidation sites excluding steroid dienone is 2. The van der Waals surface area contributed by atoms with Gasteiger partial charge in [-0.3, -0.25) is 19.9 Å². The van der Waals surface area contributed by atoms with E-state index in [9.17, 15) is 14.9 Å². The molecule has 132 valence electrons. The summed E-state index contributed by atoms with van der Waals surface area (Å²) in [6, 6.07) is 10.1. The Morgan fingerprint density at radius 2 is 2.12 bits per heavy atom. The van der Waals surface area contributed by atoms with Crippen LogP contribution in [0.4, 0.5) is 11.4 Å². The van der Waals surface area contributed by atoms with Crippen LogP contribution in [0.5, 0.6) is 0 Å². The molecule has 0 saturated heterocycles. The summed E-state index contributed by atoms with van der Waals surface area (Å²) >= 11 is 0. The van der Waals surface area contributed by atoms with Crippen LogP contribution in [0.1, 0.15) is 41.7 Å². The normalized spacial score (nSPS) is 21.5. The van der Waals surface area contributed by atoms with E-state index in [0.717, 1.165) is 36.9 Å². The lowest BCUT2D eigenvalue weighted by molar-refractivity contribution is -0.384. The van der Waals surface area contributed by atoms with Crippen LogP contribution in [0.25, 0.3) is 0 Å². The first kappa shape index (κ1) is 16.4. The zero-order chi connectivity index (χ0) is 18.1. The van der Waals surface area contributed by atoms with Gasteiger partial charge in [0, 0.05) is 36.0 Å². The first-order valence-electron chi connectivity index (χ1n) is 8.80. The number of carbonyl (C=O) groups is 1. The van der Waals surface area contributed by atoms with Crippen LogP contribution < -0.4 is 4.90 Å². The number of carbonyl (C=O) groups excluding carboxylic acids is 1. The maximum absolute atomic E-state index is 13.0. The van der Waals surface area contributed by atoms with Crippen molar-refractivity contribution in [3.63, 3.8) is 0 Å². The van der Waals surface area contributed by atoms with Crippen LogP contribution in [0.15, 0.2) is 54.7 Å². The predicted molar refractivity (Wildman–Crippen MR) is 98.3 cm³/mol. The molecule has 0 bridgehead atoms. The molecule has 1 aromatic heterocycles. The molecule has 2 aliphatic rings. The van der Waals surface area contributed by atoms with Crippen molar-refractivity contribution < 1.29 is 9.72 Å². The second kappa shape index (κ2) is 6.37. The van der Waals surface area contributed by atoms with Gasteiger partial charge in [-0.2, -0.15) is 0 Å². The van der Waals surface area contributed by atoms with Gasteiger partial charge >= 0.3 is 0 Å². The van der Waals surface area contributed by atoms with Crippen molar-refractivity contribution in [3.05, 3.63) is 76.1 Å². The van der Waals surface area contributed by atoms with Gasteiger partial charge in [-0.15, -0.1) is 0 Å². The highest BCUT2D eigenvalue weighted by Gasteiger charge is 2.40. The largest absolute Gasteiger partial charge is 0.307 e. The number of pyridine rings is 1. The fourth-order valence-corrected chi connectivity index (χ4v) is 4.04. The number of rotatable bonds is 2. The van der Waals surface area contributed by atoms with Crippen LogP contribution >= 0.6 is 0 Å². The van der Waals surface area contributed by atoms with Crippen molar-refractivity contribution >= 4 is 17.3 Å². The Bertz CT molecular complexity index is 894. The average Bonchev–Trinajstić information content (AvgIpc) is 2.69. The second-order valence-corrected chi connectivity index (χ2v) is 6.83. The van der Waals surface area contributed by atoms with Crippen LogP contribution in [0.3, 0.4) is 0 Å². The molecule has 2 heterocycles. The highest BCUT2D eigenvalue weighted by molar-refractivity contribution is 6.05. The molecule has 2 aromatic rings. The Kier molecular flexibility index (Phi) is 4.03. The van der Waals surface area contributed by atoms with Gasteiger partial charge in [0.15, 0.2) is 0 Å². The third-order valence-corrected chi connectivity index (χ3v) is 5.36. The fourth-order valence-electron chi connectivity index (χ4n) is 4.04. The van der Waals surface area contributed by atoms with Gasteiger partial charge in [-0.1, -0.05) is 18.2 Å². The van der Waals surface area contributed by atoms with E-state index >= 15 is 0 Å². The van der Waals surface area contributed by atoms with Crippen molar-refractivity contribution in [1.82, 2.24) is 4.98 Å². The SMILES string of the molecule is O=C(c1ccccn1)N1CCC2(C=CCCC2)c2cc([N+](=O)[O-])ccc21. The van der Waals surface area contributed by atoms with Crippen molar-refractivity contribution in [2.45, 2.75) is 31.1 Å². The molecular weight excluding hydrogens is 330 g/mol. The van der Waals surface area contributed by atoms with E-state index in [1.54, 1.807) is 41.4 Å². The standard InChI is InChI=1S/C20H19N3O3/c24-19(17-6-2-5-12-21-17)22-13-11-20(9-3-1-4-10-20)16-14-15(23(25)26)7-8-18(16)22/h2-3,5-9,12,14H,1,4,10-11,13H2. The van der Waals surface area contributed by atoms with Gasteiger partial charge in [0.1, 0.15) is 5.69 Å². The Hall–Kier alpha value is -3.02. The Balaban J connectivity index is 1.82. The van der Waals surface area contributed by atoms with Crippen molar-refractivity contribution in [2.24, 2.45) is 0 Å². The van der Waals surface area contributed by atoms with Crippen LogP contribution in [0.2, 0.25) is 0 Å². The summed E-state index contributed by atoms with van der Waals surface area (Å²) in [5.41, 5.74) is 1.85. The van der Waals surface area contributed by atoms with E-state index in [4.69, 9.17) is 0 Å². The van der Waals surface area contributed by atoms with E-state index in [1.807, 2.05) is 0 Å². The smallest absolute Gasteiger partial charge is 0.276 e. The number of hydrogen-bond acceptors (Lipinski definition) is 4. The molecule has 1 atom stereocenters. The maximum Gasteiger partial charge on any atom is 0.276 e. The molecule has 6 heteroatoms. The maximum atomic E-state index is 13.0. The quantitative estimate of drug-likeness (QED) is 0.466. The monoisotopic (exact) mass is 349 g/mol. The molecule has 0 fully saturated rings. The number of non-ortho nitro benzene ring substituents is 1. The molecule has 1 aromatic carbocycles. The van der Waals surface area contributed by atoms with Crippen LogP contribution in [0, 0.1) is 10.1 Å². The number of nitro groups is 1. The Morgan fingerprint density at radius 1 is 1.23 bits per heavy atom. The molecule has 1 aliphatic carbocycles. The summed E-state index contributed by atoms with van der Waals surface area (Å²) in [7, 11) is 0. The minimum absolute atomic E-state index is 0.0641. The summed E-state index contributed by atoms with van der Waals surface area (Å²) in [5, 5.41) is 11.3. The number of fused-ring (bicyclic) bond motifs is 2. The topological polar surface area (TPSA) is 76.3 Å².